The summed E-state index contributed by atoms with van der Waals surface area (Å²) in [5.74, 6) is 5.58. The Kier molecular flexibility index (Phi) is 2.18. The van der Waals surface area contributed by atoms with Crippen LogP contribution in [0.2, 0.25) is 0 Å². The van der Waals surface area contributed by atoms with Crippen LogP contribution in [0.15, 0.2) is 18.6 Å². The summed E-state index contributed by atoms with van der Waals surface area (Å²) >= 11 is 0. The summed E-state index contributed by atoms with van der Waals surface area (Å²) in [6.07, 6.45) is 3.23. The Labute approximate surface area is 87.4 Å². The molecule has 0 aliphatic rings. The maximum absolute atomic E-state index is 9.44. The molecule has 0 unspecified atom stereocenters. The lowest BCUT2D eigenvalue weighted by molar-refractivity contribution is 0.143. The lowest BCUT2D eigenvalue weighted by atomic mass is 10.1. The molecule has 4 nitrogen and oxygen atoms in total. The van der Waals surface area contributed by atoms with Crippen molar-refractivity contribution >= 4 is 11.2 Å². The second-order valence-electron chi connectivity index (χ2n) is 3.81. The summed E-state index contributed by atoms with van der Waals surface area (Å²) in [6.45, 7) is 3.28. The molecule has 0 saturated heterocycles. The minimum Gasteiger partial charge on any atom is -0.378 e. The van der Waals surface area contributed by atoms with Crippen LogP contribution < -0.4 is 0 Å². The summed E-state index contributed by atoms with van der Waals surface area (Å²) < 4.78 is 0. The average Bonchev–Trinajstić information content (AvgIpc) is 2.60. The molecule has 2 heterocycles. The number of imidazole rings is 1. The van der Waals surface area contributed by atoms with E-state index >= 15 is 0 Å². The number of hydrogen-bond donors (Lipinski definition) is 2. The maximum Gasteiger partial charge on any atom is 0.177 e. The summed E-state index contributed by atoms with van der Waals surface area (Å²) in [4.78, 5) is 11.1. The molecule has 0 spiro atoms. The smallest absolute Gasteiger partial charge is 0.177 e. The average molecular weight is 201 g/mol. The third kappa shape index (κ3) is 2.33. The number of aliphatic hydroxyl groups is 1. The molecular weight excluding hydrogens is 190 g/mol. The number of rotatable bonds is 0. The van der Waals surface area contributed by atoms with Crippen molar-refractivity contribution in [3.8, 4) is 11.8 Å². The molecule has 0 bridgehead atoms. The van der Waals surface area contributed by atoms with Crippen LogP contribution in [-0.4, -0.2) is 25.7 Å². The van der Waals surface area contributed by atoms with Gasteiger partial charge in [0.25, 0.3) is 0 Å². The summed E-state index contributed by atoms with van der Waals surface area (Å²) in [7, 11) is 0. The van der Waals surface area contributed by atoms with Crippen molar-refractivity contribution in [2.75, 3.05) is 0 Å². The highest BCUT2D eigenvalue weighted by molar-refractivity contribution is 5.71. The van der Waals surface area contributed by atoms with Gasteiger partial charge in [0.15, 0.2) is 5.65 Å². The highest BCUT2D eigenvalue weighted by atomic mass is 16.3. The largest absolute Gasteiger partial charge is 0.378 e. The predicted octanol–water partition coefficient (Wildman–Crippen LogP) is 1.08. The van der Waals surface area contributed by atoms with E-state index in [1.54, 1.807) is 26.4 Å². The molecule has 15 heavy (non-hydrogen) atoms. The van der Waals surface area contributed by atoms with E-state index < -0.39 is 5.60 Å². The lowest BCUT2D eigenvalue weighted by Gasteiger charge is -2.05. The van der Waals surface area contributed by atoms with Crippen molar-refractivity contribution in [1.29, 1.82) is 0 Å². The van der Waals surface area contributed by atoms with Crippen LogP contribution >= 0.6 is 0 Å². The van der Waals surface area contributed by atoms with Gasteiger partial charge in [0.05, 0.1) is 11.8 Å². The third-order valence-electron chi connectivity index (χ3n) is 1.79. The van der Waals surface area contributed by atoms with Gasteiger partial charge in [-0.15, -0.1) is 0 Å². The Morgan fingerprint density at radius 2 is 2.20 bits per heavy atom. The van der Waals surface area contributed by atoms with Crippen molar-refractivity contribution in [3.05, 3.63) is 24.2 Å². The van der Waals surface area contributed by atoms with Gasteiger partial charge in [0.2, 0.25) is 0 Å². The molecule has 0 atom stereocenters. The summed E-state index contributed by atoms with van der Waals surface area (Å²) in [6, 6.07) is 1.86. The van der Waals surface area contributed by atoms with Gasteiger partial charge >= 0.3 is 0 Å². The Hall–Kier alpha value is -1.86. The number of hydrogen-bond acceptors (Lipinski definition) is 3. The molecule has 0 aromatic carbocycles. The molecule has 76 valence electrons. The van der Waals surface area contributed by atoms with E-state index in [4.69, 9.17) is 0 Å². The van der Waals surface area contributed by atoms with Crippen molar-refractivity contribution < 1.29 is 5.11 Å². The number of H-pyrrole nitrogens is 1. The molecule has 0 radical (unpaired) electrons. The highest BCUT2D eigenvalue weighted by Gasteiger charge is 2.06. The third-order valence-corrected chi connectivity index (χ3v) is 1.79. The Morgan fingerprint density at radius 3 is 2.93 bits per heavy atom. The zero-order chi connectivity index (χ0) is 10.9. The maximum atomic E-state index is 9.44. The van der Waals surface area contributed by atoms with E-state index in [9.17, 15) is 5.11 Å². The van der Waals surface area contributed by atoms with Gasteiger partial charge in [0, 0.05) is 11.8 Å². The molecule has 0 saturated carbocycles. The molecule has 4 heteroatoms. The fourth-order valence-electron chi connectivity index (χ4n) is 1.12. The SMILES string of the molecule is CC(C)(O)C#Cc1cnc2nc[nH]c2c1. The van der Waals surface area contributed by atoms with Gasteiger partial charge in [0.1, 0.15) is 5.60 Å². The van der Waals surface area contributed by atoms with Crippen LogP contribution in [0.1, 0.15) is 19.4 Å². The van der Waals surface area contributed by atoms with Crippen LogP contribution in [0.4, 0.5) is 0 Å². The second kappa shape index (κ2) is 3.37. The van der Waals surface area contributed by atoms with Crippen molar-refractivity contribution in [2.45, 2.75) is 19.4 Å². The molecule has 2 rings (SSSR count). The quantitative estimate of drug-likeness (QED) is 0.627. The first-order valence-corrected chi connectivity index (χ1v) is 4.59. The summed E-state index contributed by atoms with van der Waals surface area (Å²) in [5, 5.41) is 9.44. The number of fused-ring (bicyclic) bond motifs is 1. The molecule has 0 aliphatic heterocycles. The van der Waals surface area contributed by atoms with Crippen LogP contribution in [0.25, 0.3) is 11.2 Å². The first-order valence-electron chi connectivity index (χ1n) is 4.59. The van der Waals surface area contributed by atoms with Gasteiger partial charge in [-0.05, 0) is 19.9 Å². The molecule has 0 aliphatic carbocycles. The van der Waals surface area contributed by atoms with Crippen LogP contribution in [0.3, 0.4) is 0 Å². The first-order chi connectivity index (χ1) is 7.04. The molecule has 0 fully saturated rings. The number of aromatic amines is 1. The monoisotopic (exact) mass is 201 g/mol. The molecule has 2 aromatic heterocycles. The van der Waals surface area contributed by atoms with Gasteiger partial charge in [-0.1, -0.05) is 11.8 Å². The van der Waals surface area contributed by atoms with Gasteiger partial charge < -0.3 is 10.1 Å². The van der Waals surface area contributed by atoms with E-state index in [2.05, 4.69) is 26.8 Å². The zero-order valence-electron chi connectivity index (χ0n) is 8.57. The van der Waals surface area contributed by atoms with E-state index in [0.717, 1.165) is 11.1 Å². The normalized spacial score (nSPS) is 11.1. The first kappa shape index (κ1) is 9.69. The molecular formula is C11H11N3O. The van der Waals surface area contributed by atoms with Crippen molar-refractivity contribution in [3.63, 3.8) is 0 Å². The Morgan fingerprint density at radius 1 is 1.40 bits per heavy atom. The Bertz CT molecular complexity index is 540. The van der Waals surface area contributed by atoms with Crippen LogP contribution in [0, 0.1) is 11.8 Å². The molecule has 2 aromatic rings. The number of pyridine rings is 1. The van der Waals surface area contributed by atoms with E-state index in [1.165, 1.54) is 0 Å². The fourth-order valence-corrected chi connectivity index (χ4v) is 1.12. The molecule has 0 amide bonds. The fraction of sp³-hybridized carbons (Fsp3) is 0.273. The predicted molar refractivity (Wildman–Crippen MR) is 57.1 cm³/mol. The minimum absolute atomic E-state index is 0.670. The summed E-state index contributed by atoms with van der Waals surface area (Å²) in [5.41, 5.74) is 1.29. The van der Waals surface area contributed by atoms with E-state index in [1.807, 2.05) is 6.07 Å². The number of nitrogens with zero attached hydrogens (tertiary/aromatic N) is 2. The highest BCUT2D eigenvalue weighted by Crippen LogP contribution is 2.07. The van der Waals surface area contributed by atoms with E-state index in [-0.39, 0.29) is 0 Å². The van der Waals surface area contributed by atoms with Gasteiger partial charge in [-0.2, -0.15) is 0 Å². The Balaban J connectivity index is 2.39. The van der Waals surface area contributed by atoms with Gasteiger partial charge in [-0.3, -0.25) is 0 Å². The van der Waals surface area contributed by atoms with Crippen LogP contribution in [-0.2, 0) is 0 Å². The van der Waals surface area contributed by atoms with E-state index in [0.29, 0.717) is 5.65 Å². The number of aromatic nitrogens is 3. The van der Waals surface area contributed by atoms with Gasteiger partial charge in [-0.25, -0.2) is 9.97 Å². The second-order valence-corrected chi connectivity index (χ2v) is 3.81. The zero-order valence-corrected chi connectivity index (χ0v) is 8.57. The van der Waals surface area contributed by atoms with Crippen LogP contribution in [0.5, 0.6) is 0 Å². The molecule has 2 N–H and O–H groups in total. The standard InChI is InChI=1S/C11H11N3O/c1-11(2,15)4-3-8-5-9-10(12-6-8)14-7-13-9/h5-7,15H,1-2H3,(H,12,13,14). The minimum atomic E-state index is -0.983. The van der Waals surface area contributed by atoms with Crippen molar-refractivity contribution in [1.82, 2.24) is 15.0 Å². The topological polar surface area (TPSA) is 61.8 Å². The lowest BCUT2D eigenvalue weighted by Crippen LogP contribution is -2.14. The van der Waals surface area contributed by atoms with Crippen molar-refractivity contribution in [2.24, 2.45) is 0 Å². The number of nitrogens with one attached hydrogen (secondary N) is 1.